The molecule has 0 spiro atoms. The third-order valence-corrected chi connectivity index (χ3v) is 9.15. The van der Waals surface area contributed by atoms with Crippen molar-refractivity contribution in [1.82, 2.24) is 25.1 Å². The summed E-state index contributed by atoms with van der Waals surface area (Å²) in [6.07, 6.45) is 9.97. The maximum Gasteiger partial charge on any atom is 0.225 e. The minimum atomic E-state index is 0.120. The Bertz CT molecular complexity index is 910. The summed E-state index contributed by atoms with van der Waals surface area (Å²) in [6.45, 7) is 6.39. The van der Waals surface area contributed by atoms with Gasteiger partial charge in [0.05, 0.1) is 24.1 Å². The summed E-state index contributed by atoms with van der Waals surface area (Å²) >= 11 is 2.04. The molecule has 1 aromatic heterocycles. The van der Waals surface area contributed by atoms with Gasteiger partial charge in [0.25, 0.3) is 0 Å². The van der Waals surface area contributed by atoms with Crippen LogP contribution in [0.15, 0.2) is 42.9 Å². The molecule has 2 N–H and O–H groups in total. The second-order valence-electron chi connectivity index (χ2n) is 10.1. The first-order chi connectivity index (χ1) is 16.2. The largest absolute Gasteiger partial charge is 0.340 e. The summed E-state index contributed by atoms with van der Waals surface area (Å²) in [7, 11) is 0. The zero-order valence-electron chi connectivity index (χ0n) is 19.7. The van der Waals surface area contributed by atoms with Crippen LogP contribution in [0.5, 0.6) is 0 Å². The first-order valence-electron chi connectivity index (χ1n) is 12.6. The van der Waals surface area contributed by atoms with Gasteiger partial charge in [-0.3, -0.25) is 15.0 Å². The number of carbonyl (C=O) groups excluding carboxylic acids is 1. The number of likely N-dealkylation sites (tertiary alicyclic amines) is 1. The highest BCUT2D eigenvalue weighted by Crippen LogP contribution is 2.32. The number of rotatable bonds is 7. The van der Waals surface area contributed by atoms with E-state index < -0.39 is 0 Å². The quantitative estimate of drug-likeness (QED) is 0.653. The number of nitrogens with one attached hydrogen (secondary N) is 2. The zero-order chi connectivity index (χ0) is 22.6. The molecule has 3 fully saturated rings. The molecule has 1 aliphatic carbocycles. The van der Waals surface area contributed by atoms with Gasteiger partial charge in [-0.05, 0) is 50.3 Å². The highest BCUT2D eigenvalue weighted by Gasteiger charge is 2.40. The fraction of sp³-hybridized carbons (Fsp3) is 0.615. The lowest BCUT2D eigenvalue weighted by Gasteiger charge is -2.43. The smallest absolute Gasteiger partial charge is 0.225 e. The minimum Gasteiger partial charge on any atom is -0.340 e. The number of nitrogens with zero attached hydrogens (tertiary/aromatic N) is 3. The molecule has 2 aromatic rings. The molecule has 33 heavy (non-hydrogen) atoms. The van der Waals surface area contributed by atoms with Crippen LogP contribution in [0.4, 0.5) is 0 Å². The number of piperidine rings is 1. The van der Waals surface area contributed by atoms with E-state index in [1.165, 1.54) is 36.9 Å². The summed E-state index contributed by atoms with van der Waals surface area (Å²) in [5.74, 6) is 2.02. The second-order valence-corrected chi connectivity index (χ2v) is 11.4. The van der Waals surface area contributed by atoms with Gasteiger partial charge in [-0.15, -0.1) is 0 Å². The summed E-state index contributed by atoms with van der Waals surface area (Å²) in [6, 6.07) is 11.0. The molecule has 2 aliphatic heterocycles. The fourth-order valence-electron chi connectivity index (χ4n) is 5.73. The molecule has 1 saturated carbocycles. The summed E-state index contributed by atoms with van der Waals surface area (Å²) in [5, 5.41) is 7.69. The van der Waals surface area contributed by atoms with Gasteiger partial charge in [0.2, 0.25) is 5.91 Å². The molecule has 7 heteroatoms. The van der Waals surface area contributed by atoms with Crippen molar-refractivity contribution in [2.45, 2.75) is 69.6 Å². The SMILES string of the molecule is CC1CCCC2C(=O)NC(CSC3CCN(Cc4cncn4Cc4ccccc4)CC3)NC12. The molecule has 3 heterocycles. The van der Waals surface area contributed by atoms with Crippen LogP contribution < -0.4 is 10.6 Å². The van der Waals surface area contributed by atoms with Crippen LogP contribution >= 0.6 is 11.8 Å². The normalized spacial score (nSPS) is 28.9. The van der Waals surface area contributed by atoms with Gasteiger partial charge in [-0.2, -0.15) is 11.8 Å². The molecule has 1 aromatic carbocycles. The number of hydrogen-bond donors (Lipinski definition) is 2. The van der Waals surface area contributed by atoms with Crippen molar-refractivity contribution in [3.05, 3.63) is 54.1 Å². The summed E-state index contributed by atoms with van der Waals surface area (Å²) in [5.41, 5.74) is 2.60. The van der Waals surface area contributed by atoms with Crippen molar-refractivity contribution in [1.29, 1.82) is 0 Å². The molecule has 0 radical (unpaired) electrons. The summed E-state index contributed by atoms with van der Waals surface area (Å²) in [4.78, 5) is 19.6. The molecular weight excluding hydrogens is 430 g/mol. The Hall–Kier alpha value is -1.83. The van der Waals surface area contributed by atoms with E-state index in [0.29, 0.717) is 17.2 Å². The van der Waals surface area contributed by atoms with Gasteiger partial charge in [0.15, 0.2) is 0 Å². The van der Waals surface area contributed by atoms with Crippen molar-refractivity contribution in [3.8, 4) is 0 Å². The number of imidazole rings is 1. The van der Waals surface area contributed by atoms with Crippen LogP contribution in [0.1, 0.15) is 50.3 Å². The molecule has 3 aliphatic rings. The van der Waals surface area contributed by atoms with Crippen LogP contribution in [0, 0.1) is 11.8 Å². The number of benzene rings is 1. The molecule has 178 valence electrons. The predicted octanol–water partition coefficient (Wildman–Crippen LogP) is 3.48. The van der Waals surface area contributed by atoms with Crippen LogP contribution in [0.2, 0.25) is 0 Å². The number of thioether (sulfide) groups is 1. The molecule has 0 bridgehead atoms. The molecule has 2 saturated heterocycles. The van der Waals surface area contributed by atoms with E-state index in [9.17, 15) is 4.79 Å². The van der Waals surface area contributed by atoms with Crippen molar-refractivity contribution in [2.24, 2.45) is 11.8 Å². The molecule has 5 rings (SSSR count). The van der Waals surface area contributed by atoms with Crippen LogP contribution in [-0.2, 0) is 17.9 Å². The van der Waals surface area contributed by atoms with Crippen LogP contribution in [0.25, 0.3) is 0 Å². The van der Waals surface area contributed by atoms with Crippen LogP contribution in [-0.4, -0.2) is 56.7 Å². The molecule has 4 atom stereocenters. The third kappa shape index (κ3) is 5.64. The Labute approximate surface area is 201 Å². The Morgan fingerprint density at radius 2 is 1.91 bits per heavy atom. The van der Waals surface area contributed by atoms with E-state index >= 15 is 0 Å². The number of aromatic nitrogens is 2. The second kappa shape index (κ2) is 10.6. The monoisotopic (exact) mass is 467 g/mol. The standard InChI is InChI=1S/C26H37N5OS/c1-19-6-5-9-23-25(19)28-24(29-26(23)32)17-33-22-10-12-30(13-11-22)16-21-14-27-18-31(21)15-20-7-3-2-4-8-20/h2-4,7-8,14,18-19,22-25,28H,5-6,9-13,15-17H2,1H3,(H,29,32). The first kappa shape index (κ1) is 22.9. The van der Waals surface area contributed by atoms with E-state index in [2.05, 4.69) is 62.3 Å². The van der Waals surface area contributed by atoms with E-state index in [1.54, 1.807) is 0 Å². The molecule has 4 unspecified atom stereocenters. The van der Waals surface area contributed by atoms with Crippen molar-refractivity contribution >= 4 is 17.7 Å². The average molecular weight is 468 g/mol. The van der Waals surface area contributed by atoms with Gasteiger partial charge >= 0.3 is 0 Å². The van der Waals surface area contributed by atoms with Crippen molar-refractivity contribution in [2.75, 3.05) is 18.8 Å². The van der Waals surface area contributed by atoms with E-state index in [-0.39, 0.29) is 18.0 Å². The van der Waals surface area contributed by atoms with Gasteiger partial charge in [0.1, 0.15) is 0 Å². The Morgan fingerprint density at radius 1 is 1.09 bits per heavy atom. The maximum absolute atomic E-state index is 12.6. The van der Waals surface area contributed by atoms with Crippen molar-refractivity contribution in [3.63, 3.8) is 0 Å². The van der Waals surface area contributed by atoms with Gasteiger partial charge in [-0.1, -0.05) is 43.7 Å². The third-order valence-electron chi connectivity index (χ3n) is 7.68. The van der Waals surface area contributed by atoms with Gasteiger partial charge < -0.3 is 9.88 Å². The Kier molecular flexibility index (Phi) is 7.38. The van der Waals surface area contributed by atoms with E-state index in [0.717, 1.165) is 38.4 Å². The molecule has 1 amide bonds. The first-order valence-corrected chi connectivity index (χ1v) is 13.6. The van der Waals surface area contributed by atoms with Gasteiger partial charge in [-0.25, -0.2) is 4.98 Å². The number of hydrogen-bond acceptors (Lipinski definition) is 5. The highest BCUT2D eigenvalue weighted by atomic mass is 32.2. The number of carbonyl (C=O) groups is 1. The average Bonchev–Trinajstić information content (AvgIpc) is 3.26. The molecular formula is C26H37N5OS. The number of amides is 1. The summed E-state index contributed by atoms with van der Waals surface area (Å²) < 4.78 is 2.27. The Morgan fingerprint density at radius 3 is 2.73 bits per heavy atom. The van der Waals surface area contributed by atoms with Crippen LogP contribution in [0.3, 0.4) is 0 Å². The predicted molar refractivity (Wildman–Crippen MR) is 134 cm³/mol. The Balaban J connectivity index is 1.07. The fourth-order valence-corrected chi connectivity index (χ4v) is 6.92. The topological polar surface area (TPSA) is 62.2 Å². The highest BCUT2D eigenvalue weighted by molar-refractivity contribution is 7.99. The van der Waals surface area contributed by atoms with Gasteiger partial charge in [0, 0.05) is 36.3 Å². The maximum atomic E-state index is 12.6. The lowest BCUT2D eigenvalue weighted by Crippen LogP contribution is -2.65. The van der Waals surface area contributed by atoms with E-state index in [1.807, 2.05) is 24.3 Å². The lowest BCUT2D eigenvalue weighted by molar-refractivity contribution is -0.131. The lowest BCUT2D eigenvalue weighted by atomic mass is 9.76. The zero-order valence-corrected chi connectivity index (χ0v) is 20.5. The van der Waals surface area contributed by atoms with E-state index in [4.69, 9.17) is 0 Å². The molecule has 6 nitrogen and oxygen atoms in total. The number of fused-ring (bicyclic) bond motifs is 1. The van der Waals surface area contributed by atoms with Crippen molar-refractivity contribution < 1.29 is 4.79 Å². The minimum absolute atomic E-state index is 0.120.